The molecule has 0 unspecified atom stereocenters. The van der Waals surface area contributed by atoms with E-state index in [0.717, 1.165) is 11.1 Å². The van der Waals surface area contributed by atoms with Gasteiger partial charge < -0.3 is 0 Å². The first-order valence-corrected chi connectivity index (χ1v) is 8.00. The van der Waals surface area contributed by atoms with Crippen molar-refractivity contribution >= 4 is 21.6 Å². The number of nitrogens with zero attached hydrogens (tertiary/aromatic N) is 1. The lowest BCUT2D eigenvalue weighted by Crippen LogP contribution is -2.27. The van der Waals surface area contributed by atoms with E-state index in [2.05, 4.69) is 0 Å². The lowest BCUT2D eigenvalue weighted by molar-refractivity contribution is 0.466. The first kappa shape index (κ1) is 15.0. The molecule has 0 saturated carbocycles. The standard InChI is InChI=1S/C15H16ClNO2S/c1-12-7-3-6-10-15(12)20(18,19)17(2)11-13-8-4-5-9-14(13)16/h3-10H,11H2,1-2H3. The Labute approximate surface area is 124 Å². The average molecular weight is 310 g/mol. The van der Waals surface area contributed by atoms with Crippen LogP contribution in [0.1, 0.15) is 11.1 Å². The van der Waals surface area contributed by atoms with Crippen LogP contribution >= 0.6 is 11.6 Å². The average Bonchev–Trinajstić information content (AvgIpc) is 2.41. The van der Waals surface area contributed by atoms with E-state index in [-0.39, 0.29) is 6.54 Å². The zero-order valence-corrected chi connectivity index (χ0v) is 12.9. The second-order valence-corrected chi connectivity index (χ2v) is 7.04. The van der Waals surface area contributed by atoms with Gasteiger partial charge in [0.05, 0.1) is 4.90 Å². The third kappa shape index (κ3) is 3.03. The number of benzene rings is 2. The molecule has 106 valence electrons. The van der Waals surface area contributed by atoms with Gasteiger partial charge in [0.2, 0.25) is 10.0 Å². The highest BCUT2D eigenvalue weighted by molar-refractivity contribution is 7.89. The maximum absolute atomic E-state index is 12.6. The summed E-state index contributed by atoms with van der Waals surface area (Å²) < 4.78 is 26.4. The number of halogens is 1. The maximum atomic E-state index is 12.6. The fourth-order valence-electron chi connectivity index (χ4n) is 1.97. The number of sulfonamides is 1. The highest BCUT2D eigenvalue weighted by Crippen LogP contribution is 2.22. The lowest BCUT2D eigenvalue weighted by atomic mass is 10.2. The Morgan fingerprint density at radius 3 is 2.30 bits per heavy atom. The molecule has 2 rings (SSSR count). The van der Waals surface area contributed by atoms with Gasteiger partial charge in [-0.1, -0.05) is 48.0 Å². The molecule has 3 nitrogen and oxygen atoms in total. The van der Waals surface area contributed by atoms with Gasteiger partial charge in [-0.05, 0) is 30.2 Å². The molecule has 0 heterocycles. The normalized spacial score (nSPS) is 11.8. The predicted octanol–water partition coefficient (Wildman–Crippen LogP) is 3.47. The summed E-state index contributed by atoms with van der Waals surface area (Å²) in [6.45, 7) is 2.03. The minimum atomic E-state index is -3.51. The summed E-state index contributed by atoms with van der Waals surface area (Å²) in [7, 11) is -1.95. The molecule has 0 aliphatic rings. The molecule has 0 bridgehead atoms. The van der Waals surface area contributed by atoms with Crippen LogP contribution in [-0.2, 0) is 16.6 Å². The predicted molar refractivity (Wildman–Crippen MR) is 81.3 cm³/mol. The summed E-state index contributed by atoms with van der Waals surface area (Å²) in [6, 6.07) is 14.2. The van der Waals surface area contributed by atoms with Crippen molar-refractivity contribution in [1.29, 1.82) is 0 Å². The Morgan fingerprint density at radius 1 is 1.05 bits per heavy atom. The van der Waals surface area contributed by atoms with E-state index in [9.17, 15) is 8.42 Å². The molecule has 0 spiro atoms. The Bertz CT molecular complexity index is 713. The summed E-state index contributed by atoms with van der Waals surface area (Å²) >= 11 is 6.07. The Balaban J connectivity index is 2.31. The van der Waals surface area contributed by atoms with Gasteiger partial charge in [-0.3, -0.25) is 0 Å². The van der Waals surface area contributed by atoms with Crippen molar-refractivity contribution in [2.75, 3.05) is 7.05 Å². The molecular formula is C15H16ClNO2S. The summed E-state index contributed by atoms with van der Waals surface area (Å²) in [6.07, 6.45) is 0. The molecule has 0 saturated heterocycles. The zero-order chi connectivity index (χ0) is 14.8. The van der Waals surface area contributed by atoms with Crippen molar-refractivity contribution in [2.45, 2.75) is 18.4 Å². The van der Waals surface area contributed by atoms with E-state index in [1.165, 1.54) is 4.31 Å². The van der Waals surface area contributed by atoms with Crippen LogP contribution in [-0.4, -0.2) is 19.8 Å². The molecule has 5 heteroatoms. The molecule has 2 aromatic carbocycles. The largest absolute Gasteiger partial charge is 0.243 e. The summed E-state index contributed by atoms with van der Waals surface area (Å²) in [4.78, 5) is 0.328. The van der Waals surface area contributed by atoms with Gasteiger partial charge in [-0.2, -0.15) is 4.31 Å². The molecule has 0 atom stereocenters. The molecule has 0 radical (unpaired) electrons. The van der Waals surface area contributed by atoms with Gasteiger partial charge in [0.25, 0.3) is 0 Å². The van der Waals surface area contributed by atoms with Crippen LogP contribution in [0.2, 0.25) is 5.02 Å². The van der Waals surface area contributed by atoms with Crippen molar-refractivity contribution in [3.63, 3.8) is 0 Å². The molecule has 2 aromatic rings. The minimum absolute atomic E-state index is 0.246. The summed E-state index contributed by atoms with van der Waals surface area (Å²) in [5, 5.41) is 0.569. The second-order valence-electron chi connectivity index (χ2n) is 4.62. The Morgan fingerprint density at radius 2 is 1.65 bits per heavy atom. The number of rotatable bonds is 4. The van der Waals surface area contributed by atoms with Crippen molar-refractivity contribution < 1.29 is 8.42 Å². The van der Waals surface area contributed by atoms with E-state index in [1.807, 2.05) is 24.3 Å². The molecule has 0 amide bonds. The van der Waals surface area contributed by atoms with Gasteiger partial charge >= 0.3 is 0 Å². The fourth-order valence-corrected chi connectivity index (χ4v) is 3.53. The quantitative estimate of drug-likeness (QED) is 0.867. The van der Waals surface area contributed by atoms with E-state index >= 15 is 0 Å². The molecule has 0 aromatic heterocycles. The monoisotopic (exact) mass is 309 g/mol. The summed E-state index contributed by atoms with van der Waals surface area (Å²) in [5.41, 5.74) is 1.52. The zero-order valence-electron chi connectivity index (χ0n) is 11.4. The third-order valence-electron chi connectivity index (χ3n) is 3.13. The van der Waals surface area contributed by atoms with Crippen LogP contribution in [0, 0.1) is 6.92 Å². The number of aryl methyl sites for hydroxylation is 1. The fraction of sp³-hybridized carbons (Fsp3) is 0.200. The molecule has 0 N–H and O–H groups in total. The second kappa shape index (κ2) is 5.95. The van der Waals surface area contributed by atoms with Gasteiger partial charge in [0.1, 0.15) is 0 Å². The van der Waals surface area contributed by atoms with Gasteiger partial charge in [0.15, 0.2) is 0 Å². The number of hydrogen-bond donors (Lipinski definition) is 0. The topological polar surface area (TPSA) is 37.4 Å². The lowest BCUT2D eigenvalue weighted by Gasteiger charge is -2.19. The van der Waals surface area contributed by atoms with Gasteiger partial charge in [-0.25, -0.2) is 8.42 Å². The van der Waals surface area contributed by atoms with Crippen molar-refractivity contribution in [2.24, 2.45) is 0 Å². The molecule has 20 heavy (non-hydrogen) atoms. The highest BCUT2D eigenvalue weighted by Gasteiger charge is 2.22. The van der Waals surface area contributed by atoms with Crippen LogP contribution in [0.4, 0.5) is 0 Å². The molecule has 0 aliphatic carbocycles. The van der Waals surface area contributed by atoms with Crippen molar-refractivity contribution in [1.82, 2.24) is 4.31 Å². The van der Waals surface area contributed by atoms with Crippen LogP contribution < -0.4 is 0 Å². The van der Waals surface area contributed by atoms with Crippen LogP contribution in [0.15, 0.2) is 53.4 Å². The molecular weight excluding hydrogens is 294 g/mol. The van der Waals surface area contributed by atoms with Crippen LogP contribution in [0.5, 0.6) is 0 Å². The van der Waals surface area contributed by atoms with E-state index in [4.69, 9.17) is 11.6 Å². The molecule has 0 aliphatic heterocycles. The maximum Gasteiger partial charge on any atom is 0.243 e. The van der Waals surface area contributed by atoms with Crippen LogP contribution in [0.25, 0.3) is 0 Å². The Hall–Kier alpha value is -1.36. The smallest absolute Gasteiger partial charge is 0.207 e. The summed E-state index contributed by atoms with van der Waals surface area (Å²) in [5.74, 6) is 0. The Kier molecular flexibility index (Phi) is 4.48. The van der Waals surface area contributed by atoms with Gasteiger partial charge in [0, 0.05) is 18.6 Å². The van der Waals surface area contributed by atoms with Gasteiger partial charge in [-0.15, -0.1) is 0 Å². The first-order valence-electron chi connectivity index (χ1n) is 6.18. The number of hydrogen-bond acceptors (Lipinski definition) is 2. The van der Waals surface area contributed by atoms with E-state index in [0.29, 0.717) is 9.92 Å². The molecule has 0 fully saturated rings. The van der Waals surface area contributed by atoms with E-state index < -0.39 is 10.0 Å². The van der Waals surface area contributed by atoms with Crippen molar-refractivity contribution in [3.8, 4) is 0 Å². The highest BCUT2D eigenvalue weighted by atomic mass is 35.5. The SMILES string of the molecule is Cc1ccccc1S(=O)(=O)N(C)Cc1ccccc1Cl. The van der Waals surface area contributed by atoms with Crippen molar-refractivity contribution in [3.05, 3.63) is 64.7 Å². The van der Waals surface area contributed by atoms with E-state index in [1.54, 1.807) is 38.2 Å². The minimum Gasteiger partial charge on any atom is -0.207 e. The van der Waals surface area contributed by atoms with Crippen LogP contribution in [0.3, 0.4) is 0 Å². The first-order chi connectivity index (χ1) is 9.43. The third-order valence-corrected chi connectivity index (χ3v) is 5.46.